The quantitative estimate of drug-likeness (QED) is 0.664. The molecule has 0 amide bonds. The minimum Gasteiger partial charge on any atom is -0.490 e. The van der Waals surface area contributed by atoms with Gasteiger partial charge < -0.3 is 14.6 Å². The molecular formula is C13H10N2O6. The third-order valence-corrected chi connectivity index (χ3v) is 2.54. The Morgan fingerprint density at radius 1 is 1.29 bits per heavy atom. The summed E-state index contributed by atoms with van der Waals surface area (Å²) in [6.07, 6.45) is 1.25. The molecule has 1 heterocycles. The van der Waals surface area contributed by atoms with Crippen molar-refractivity contribution >= 4 is 11.7 Å². The summed E-state index contributed by atoms with van der Waals surface area (Å²) >= 11 is 0. The number of carbonyl (C=O) groups is 1. The number of methoxy groups -OCH3 is 1. The van der Waals surface area contributed by atoms with E-state index in [0.717, 1.165) is 0 Å². The standard InChI is InChI=1S/C13H10N2O6/c1-20-12-6-8(3-5-11(12)15(18)19)21-9-2-4-10(13(16)17)14-7-9/h2-7H,1H3,(H,16,17). The number of carboxylic acid groups (broad SMARTS) is 1. The minimum atomic E-state index is -1.14. The molecule has 0 aliphatic heterocycles. The molecule has 2 aromatic rings. The highest BCUT2D eigenvalue weighted by atomic mass is 16.6. The van der Waals surface area contributed by atoms with Crippen molar-refractivity contribution in [2.24, 2.45) is 0 Å². The predicted molar refractivity (Wildman–Crippen MR) is 70.9 cm³/mol. The van der Waals surface area contributed by atoms with Gasteiger partial charge in [-0.1, -0.05) is 0 Å². The Bertz CT molecular complexity index is 684. The number of rotatable bonds is 5. The van der Waals surface area contributed by atoms with Gasteiger partial charge in [0.25, 0.3) is 0 Å². The Hall–Kier alpha value is -3.16. The third kappa shape index (κ3) is 3.24. The third-order valence-electron chi connectivity index (χ3n) is 2.54. The van der Waals surface area contributed by atoms with Crippen LogP contribution in [0.2, 0.25) is 0 Å². The van der Waals surface area contributed by atoms with Gasteiger partial charge in [-0.05, 0) is 18.2 Å². The minimum absolute atomic E-state index is 0.0626. The van der Waals surface area contributed by atoms with Gasteiger partial charge in [-0.25, -0.2) is 9.78 Å². The summed E-state index contributed by atoms with van der Waals surface area (Å²) in [5.41, 5.74) is -0.284. The first kappa shape index (κ1) is 14.3. The summed E-state index contributed by atoms with van der Waals surface area (Å²) in [4.78, 5) is 24.6. The maximum Gasteiger partial charge on any atom is 0.354 e. The summed E-state index contributed by atoms with van der Waals surface area (Å²) in [6.45, 7) is 0. The molecular weight excluding hydrogens is 280 g/mol. The number of ether oxygens (including phenoxy) is 2. The van der Waals surface area contributed by atoms with Crippen molar-refractivity contribution in [3.63, 3.8) is 0 Å². The average Bonchev–Trinajstić information content (AvgIpc) is 2.47. The second-order valence-corrected chi connectivity index (χ2v) is 3.88. The zero-order chi connectivity index (χ0) is 15.4. The van der Waals surface area contributed by atoms with E-state index in [2.05, 4.69) is 4.98 Å². The summed E-state index contributed by atoms with van der Waals surface area (Å²) in [5.74, 6) is -0.468. The Balaban J connectivity index is 2.23. The molecule has 2 rings (SSSR count). The van der Waals surface area contributed by atoms with Gasteiger partial charge in [-0.2, -0.15) is 0 Å². The molecule has 0 spiro atoms. The first-order valence-electron chi connectivity index (χ1n) is 5.71. The van der Waals surface area contributed by atoms with Crippen molar-refractivity contribution in [3.05, 3.63) is 52.3 Å². The number of benzene rings is 1. The zero-order valence-electron chi connectivity index (χ0n) is 10.8. The Morgan fingerprint density at radius 2 is 2.00 bits per heavy atom. The molecule has 0 saturated carbocycles. The SMILES string of the molecule is COc1cc(Oc2ccc(C(=O)O)nc2)ccc1[N+](=O)[O-]. The Kier molecular flexibility index (Phi) is 3.98. The van der Waals surface area contributed by atoms with Crippen LogP contribution in [-0.4, -0.2) is 28.1 Å². The number of nitro benzene ring substituents is 1. The van der Waals surface area contributed by atoms with Gasteiger partial charge in [0.05, 0.1) is 18.2 Å². The lowest BCUT2D eigenvalue weighted by atomic mass is 10.3. The lowest BCUT2D eigenvalue weighted by Gasteiger charge is -2.07. The van der Waals surface area contributed by atoms with Crippen LogP contribution in [0.1, 0.15) is 10.5 Å². The van der Waals surface area contributed by atoms with Crippen LogP contribution in [0.15, 0.2) is 36.5 Å². The predicted octanol–water partition coefficient (Wildman–Crippen LogP) is 2.49. The number of hydrogen-bond acceptors (Lipinski definition) is 6. The first-order valence-corrected chi connectivity index (χ1v) is 5.71. The molecule has 0 radical (unpaired) electrons. The molecule has 8 heteroatoms. The number of aromatic nitrogens is 1. The number of nitrogens with zero attached hydrogens (tertiary/aromatic N) is 2. The molecule has 21 heavy (non-hydrogen) atoms. The van der Waals surface area contributed by atoms with E-state index in [9.17, 15) is 14.9 Å². The molecule has 0 unspecified atom stereocenters. The molecule has 1 N–H and O–H groups in total. The lowest BCUT2D eigenvalue weighted by molar-refractivity contribution is -0.385. The van der Waals surface area contributed by atoms with E-state index in [1.807, 2.05) is 0 Å². The van der Waals surface area contributed by atoms with Crippen molar-refractivity contribution in [3.8, 4) is 17.2 Å². The number of pyridine rings is 1. The van der Waals surface area contributed by atoms with Gasteiger partial charge in [-0.3, -0.25) is 10.1 Å². The normalized spacial score (nSPS) is 9.95. The summed E-state index contributed by atoms with van der Waals surface area (Å²) in [6, 6.07) is 6.76. The highest BCUT2D eigenvalue weighted by molar-refractivity contribution is 5.85. The van der Waals surface area contributed by atoms with E-state index in [1.54, 1.807) is 0 Å². The van der Waals surface area contributed by atoms with Gasteiger partial charge >= 0.3 is 11.7 Å². The van der Waals surface area contributed by atoms with Gasteiger partial charge in [0.2, 0.25) is 5.75 Å². The molecule has 0 aliphatic rings. The number of carboxylic acids is 1. The van der Waals surface area contributed by atoms with Crippen molar-refractivity contribution in [1.82, 2.24) is 4.98 Å². The molecule has 1 aromatic heterocycles. The van der Waals surface area contributed by atoms with Gasteiger partial charge in [0.1, 0.15) is 17.2 Å². The first-order chi connectivity index (χ1) is 10.0. The van der Waals surface area contributed by atoms with Crippen LogP contribution in [0.4, 0.5) is 5.69 Å². The fourth-order valence-corrected chi connectivity index (χ4v) is 1.58. The fourth-order valence-electron chi connectivity index (χ4n) is 1.58. The van der Waals surface area contributed by atoms with Crippen LogP contribution in [0.25, 0.3) is 0 Å². The maximum absolute atomic E-state index is 10.8. The topological polar surface area (TPSA) is 112 Å². The molecule has 108 valence electrons. The van der Waals surface area contributed by atoms with Crippen LogP contribution in [0.5, 0.6) is 17.2 Å². The van der Waals surface area contributed by atoms with Gasteiger partial charge in [0, 0.05) is 12.1 Å². The summed E-state index contributed by atoms with van der Waals surface area (Å²) in [7, 11) is 1.31. The summed E-state index contributed by atoms with van der Waals surface area (Å²) in [5, 5.41) is 19.5. The molecule has 1 aromatic carbocycles. The van der Waals surface area contributed by atoms with Gasteiger partial charge in [0.15, 0.2) is 0 Å². The highest BCUT2D eigenvalue weighted by Crippen LogP contribution is 2.32. The number of nitro groups is 1. The molecule has 0 saturated heterocycles. The average molecular weight is 290 g/mol. The number of aromatic carboxylic acids is 1. The van der Waals surface area contributed by atoms with E-state index in [4.69, 9.17) is 14.6 Å². The highest BCUT2D eigenvalue weighted by Gasteiger charge is 2.15. The molecule has 0 fully saturated rings. The van der Waals surface area contributed by atoms with Crippen LogP contribution in [0.3, 0.4) is 0 Å². The monoisotopic (exact) mass is 290 g/mol. The zero-order valence-corrected chi connectivity index (χ0v) is 10.8. The van der Waals surface area contributed by atoms with E-state index in [-0.39, 0.29) is 17.1 Å². The smallest absolute Gasteiger partial charge is 0.354 e. The van der Waals surface area contributed by atoms with Crippen molar-refractivity contribution < 1.29 is 24.3 Å². The van der Waals surface area contributed by atoms with Crippen LogP contribution in [-0.2, 0) is 0 Å². The van der Waals surface area contributed by atoms with E-state index >= 15 is 0 Å². The number of hydrogen-bond donors (Lipinski definition) is 1. The van der Waals surface area contributed by atoms with Crippen molar-refractivity contribution in [1.29, 1.82) is 0 Å². The lowest BCUT2D eigenvalue weighted by Crippen LogP contribution is -1.99. The Labute approximate surface area is 118 Å². The van der Waals surface area contributed by atoms with Crippen molar-refractivity contribution in [2.75, 3.05) is 7.11 Å². The second kappa shape index (κ2) is 5.87. The van der Waals surface area contributed by atoms with E-state index in [1.165, 1.54) is 43.6 Å². The molecule has 0 bridgehead atoms. The van der Waals surface area contributed by atoms with Crippen molar-refractivity contribution in [2.45, 2.75) is 0 Å². The summed E-state index contributed by atoms with van der Waals surface area (Å²) < 4.78 is 10.4. The fraction of sp³-hybridized carbons (Fsp3) is 0.0769. The van der Waals surface area contributed by atoms with Gasteiger partial charge in [-0.15, -0.1) is 0 Å². The van der Waals surface area contributed by atoms with Crippen LogP contribution in [0, 0.1) is 10.1 Å². The maximum atomic E-state index is 10.8. The molecule has 0 atom stereocenters. The van der Waals surface area contributed by atoms with E-state index < -0.39 is 10.9 Å². The second-order valence-electron chi connectivity index (χ2n) is 3.88. The van der Waals surface area contributed by atoms with Crippen LogP contribution < -0.4 is 9.47 Å². The van der Waals surface area contributed by atoms with E-state index in [0.29, 0.717) is 11.5 Å². The molecule has 0 aliphatic carbocycles. The Morgan fingerprint density at radius 3 is 2.52 bits per heavy atom. The molecule has 8 nitrogen and oxygen atoms in total. The van der Waals surface area contributed by atoms with Crippen LogP contribution >= 0.6 is 0 Å². The largest absolute Gasteiger partial charge is 0.490 e.